The Bertz CT molecular complexity index is 322. The third-order valence-corrected chi connectivity index (χ3v) is 1.61. The van der Waals surface area contributed by atoms with Gasteiger partial charge in [-0.2, -0.15) is 5.26 Å². The van der Waals surface area contributed by atoms with Gasteiger partial charge < -0.3 is 9.64 Å². The molecule has 0 aromatic carbocycles. The van der Waals surface area contributed by atoms with Gasteiger partial charge >= 0.3 is 5.97 Å². The summed E-state index contributed by atoms with van der Waals surface area (Å²) in [6, 6.07) is 1.85. The van der Waals surface area contributed by atoms with Crippen molar-refractivity contribution in [3.05, 3.63) is 23.4 Å². The Morgan fingerprint density at radius 2 is 2.13 bits per heavy atom. The summed E-state index contributed by atoms with van der Waals surface area (Å²) in [5.41, 5.74) is 0.652. The van der Waals surface area contributed by atoms with Crippen LogP contribution in [0.25, 0.3) is 0 Å². The summed E-state index contributed by atoms with van der Waals surface area (Å²) in [5, 5.41) is 8.80. The molecule has 0 heterocycles. The second-order valence-corrected chi connectivity index (χ2v) is 3.17. The van der Waals surface area contributed by atoms with E-state index in [0.29, 0.717) is 5.57 Å². The van der Waals surface area contributed by atoms with E-state index in [2.05, 4.69) is 0 Å². The molecule has 0 aliphatic rings. The van der Waals surface area contributed by atoms with Crippen LogP contribution >= 0.6 is 0 Å². The maximum Gasteiger partial charge on any atom is 0.349 e. The van der Waals surface area contributed by atoms with Crippen LogP contribution in [0.15, 0.2) is 23.4 Å². The summed E-state index contributed by atoms with van der Waals surface area (Å²) >= 11 is 0. The maximum absolute atomic E-state index is 11.3. The number of nitrogens with zero attached hydrogens (tertiary/aromatic N) is 2. The fourth-order valence-electron chi connectivity index (χ4n) is 0.842. The Hall–Kier alpha value is -1.76. The van der Waals surface area contributed by atoms with Crippen LogP contribution in [0.3, 0.4) is 0 Å². The first-order valence-electron chi connectivity index (χ1n) is 4.65. The fraction of sp³-hybridized carbons (Fsp3) is 0.455. The summed E-state index contributed by atoms with van der Waals surface area (Å²) in [7, 11) is 3.72. The summed E-state index contributed by atoms with van der Waals surface area (Å²) in [4.78, 5) is 13.1. The van der Waals surface area contributed by atoms with Gasteiger partial charge in [0.2, 0.25) is 0 Å². The second kappa shape index (κ2) is 6.66. The van der Waals surface area contributed by atoms with Crippen molar-refractivity contribution in [1.82, 2.24) is 4.90 Å². The molecular formula is C11H16N2O2. The van der Waals surface area contributed by atoms with E-state index in [4.69, 9.17) is 10.00 Å². The van der Waals surface area contributed by atoms with E-state index in [0.717, 1.165) is 0 Å². The molecule has 0 saturated carbocycles. The Kier molecular flexibility index (Phi) is 5.88. The minimum atomic E-state index is -0.569. The van der Waals surface area contributed by atoms with Gasteiger partial charge in [-0.1, -0.05) is 0 Å². The van der Waals surface area contributed by atoms with Crippen LogP contribution in [0, 0.1) is 11.3 Å². The summed E-state index contributed by atoms with van der Waals surface area (Å²) in [6.07, 6.45) is 3.47. The maximum atomic E-state index is 11.3. The van der Waals surface area contributed by atoms with Crippen LogP contribution in [-0.2, 0) is 9.53 Å². The first-order chi connectivity index (χ1) is 7.02. The Morgan fingerprint density at radius 1 is 1.53 bits per heavy atom. The van der Waals surface area contributed by atoms with E-state index in [-0.39, 0.29) is 12.2 Å². The molecule has 0 radical (unpaired) electrons. The molecule has 0 aromatic rings. The molecule has 0 spiro atoms. The van der Waals surface area contributed by atoms with Gasteiger partial charge in [-0.3, -0.25) is 0 Å². The van der Waals surface area contributed by atoms with E-state index in [9.17, 15) is 4.79 Å². The van der Waals surface area contributed by atoms with Crippen LogP contribution in [0.1, 0.15) is 13.8 Å². The molecule has 0 rings (SSSR count). The molecule has 0 unspecified atom stereocenters. The van der Waals surface area contributed by atoms with Crippen molar-refractivity contribution in [2.45, 2.75) is 13.8 Å². The first-order valence-corrected chi connectivity index (χ1v) is 4.65. The zero-order valence-corrected chi connectivity index (χ0v) is 9.57. The molecule has 4 nitrogen and oxygen atoms in total. The monoisotopic (exact) mass is 208 g/mol. The lowest BCUT2D eigenvalue weighted by Crippen LogP contribution is -2.08. The van der Waals surface area contributed by atoms with Crippen molar-refractivity contribution in [3.8, 4) is 6.07 Å². The SMILES string of the molecule is CCOC(=O)/C(C#N)=C(C)\C=C\N(C)C. The van der Waals surface area contributed by atoms with Crippen LogP contribution in [0.5, 0.6) is 0 Å². The van der Waals surface area contributed by atoms with E-state index < -0.39 is 5.97 Å². The lowest BCUT2D eigenvalue weighted by Gasteiger charge is -2.04. The number of carbonyl (C=O) groups is 1. The highest BCUT2D eigenvalue weighted by Gasteiger charge is 2.11. The Labute approximate surface area is 90.4 Å². The van der Waals surface area contributed by atoms with Crippen LogP contribution in [-0.4, -0.2) is 31.6 Å². The zero-order valence-electron chi connectivity index (χ0n) is 9.57. The number of ether oxygens (including phenoxy) is 1. The van der Waals surface area contributed by atoms with Gasteiger partial charge in [-0.15, -0.1) is 0 Å². The number of carbonyl (C=O) groups excluding carboxylic acids is 1. The molecule has 0 N–H and O–H groups in total. The molecule has 0 fully saturated rings. The van der Waals surface area contributed by atoms with Gasteiger partial charge in [-0.25, -0.2) is 4.79 Å². The summed E-state index contributed by atoms with van der Waals surface area (Å²) < 4.78 is 4.76. The molecule has 4 heteroatoms. The molecule has 0 atom stereocenters. The average molecular weight is 208 g/mol. The number of esters is 1. The van der Waals surface area contributed by atoms with E-state index in [1.54, 1.807) is 26.1 Å². The minimum Gasteiger partial charge on any atom is -0.462 e. The highest BCUT2D eigenvalue weighted by atomic mass is 16.5. The van der Waals surface area contributed by atoms with E-state index >= 15 is 0 Å². The fourth-order valence-corrected chi connectivity index (χ4v) is 0.842. The molecule has 0 aliphatic heterocycles. The Balaban J connectivity index is 4.84. The molecule has 82 valence electrons. The van der Waals surface area contributed by atoms with Crippen LogP contribution in [0.2, 0.25) is 0 Å². The third-order valence-electron chi connectivity index (χ3n) is 1.61. The molecule has 15 heavy (non-hydrogen) atoms. The number of rotatable bonds is 4. The van der Waals surface area contributed by atoms with Crippen LogP contribution < -0.4 is 0 Å². The van der Waals surface area contributed by atoms with Gasteiger partial charge in [0.05, 0.1) is 6.61 Å². The lowest BCUT2D eigenvalue weighted by molar-refractivity contribution is -0.138. The highest BCUT2D eigenvalue weighted by molar-refractivity contribution is 5.94. The third kappa shape index (κ3) is 4.87. The van der Waals surface area contributed by atoms with Crippen molar-refractivity contribution in [2.24, 2.45) is 0 Å². The number of hydrogen-bond acceptors (Lipinski definition) is 4. The predicted molar refractivity (Wildman–Crippen MR) is 57.8 cm³/mol. The second-order valence-electron chi connectivity index (χ2n) is 3.17. The summed E-state index contributed by atoms with van der Waals surface area (Å²) in [5.74, 6) is -0.569. The van der Waals surface area contributed by atoms with E-state index in [1.807, 2.05) is 25.1 Å². The summed E-state index contributed by atoms with van der Waals surface area (Å²) in [6.45, 7) is 3.68. The quantitative estimate of drug-likeness (QED) is 0.304. The van der Waals surface area contributed by atoms with Gasteiger partial charge in [0.15, 0.2) is 0 Å². The number of hydrogen-bond donors (Lipinski definition) is 0. The van der Waals surface area contributed by atoms with Crippen molar-refractivity contribution >= 4 is 5.97 Å². The van der Waals surface area contributed by atoms with Crippen molar-refractivity contribution in [2.75, 3.05) is 20.7 Å². The van der Waals surface area contributed by atoms with Gasteiger partial charge in [-0.05, 0) is 31.7 Å². The molecule has 0 amide bonds. The van der Waals surface area contributed by atoms with Crippen molar-refractivity contribution in [1.29, 1.82) is 5.26 Å². The van der Waals surface area contributed by atoms with Crippen molar-refractivity contribution < 1.29 is 9.53 Å². The average Bonchev–Trinajstić information content (AvgIpc) is 2.16. The normalized spacial score (nSPS) is 11.9. The van der Waals surface area contributed by atoms with Crippen molar-refractivity contribution in [3.63, 3.8) is 0 Å². The smallest absolute Gasteiger partial charge is 0.349 e. The molecular weight excluding hydrogens is 192 g/mol. The molecule has 0 aliphatic carbocycles. The van der Waals surface area contributed by atoms with Gasteiger partial charge in [0.1, 0.15) is 11.6 Å². The highest BCUT2D eigenvalue weighted by Crippen LogP contribution is 2.07. The topological polar surface area (TPSA) is 53.3 Å². The van der Waals surface area contributed by atoms with Crippen LogP contribution in [0.4, 0.5) is 0 Å². The number of nitriles is 1. The standard InChI is InChI=1S/C11H16N2O2/c1-5-15-11(14)10(8-12)9(2)6-7-13(3)4/h6-7H,5H2,1-4H3/b7-6+,10-9-. The van der Waals surface area contributed by atoms with Gasteiger partial charge in [0.25, 0.3) is 0 Å². The lowest BCUT2D eigenvalue weighted by atomic mass is 10.1. The number of allylic oxidation sites excluding steroid dienone is 2. The molecule has 0 bridgehead atoms. The van der Waals surface area contributed by atoms with E-state index in [1.165, 1.54) is 0 Å². The zero-order chi connectivity index (χ0) is 11.8. The predicted octanol–water partition coefficient (Wildman–Crippen LogP) is 1.46. The largest absolute Gasteiger partial charge is 0.462 e. The molecule has 0 aromatic heterocycles. The minimum absolute atomic E-state index is 0.0509. The molecule has 0 saturated heterocycles. The van der Waals surface area contributed by atoms with Gasteiger partial charge in [0, 0.05) is 14.1 Å². The first kappa shape index (κ1) is 13.2. The Morgan fingerprint density at radius 3 is 2.53 bits per heavy atom.